The Hall–Kier alpha value is 0.200. The van der Waals surface area contributed by atoms with Crippen LogP contribution in [0.15, 0.2) is 24.3 Å². The van der Waals surface area contributed by atoms with Crippen molar-refractivity contribution in [2.75, 3.05) is 0 Å². The van der Waals surface area contributed by atoms with E-state index >= 15 is 0 Å². The minimum absolute atomic E-state index is 0. The fourth-order valence-electron chi connectivity index (χ4n) is 1.80. The third-order valence-corrected chi connectivity index (χ3v) is 3.90. The van der Waals surface area contributed by atoms with Crippen molar-refractivity contribution in [3.05, 3.63) is 33.4 Å². The lowest BCUT2D eigenvalue weighted by molar-refractivity contribution is 0.264. The van der Waals surface area contributed by atoms with Crippen LogP contribution < -0.4 is 5.73 Å². The maximum atomic E-state index is 6.20. The number of benzene rings is 1. The molecule has 0 radical (unpaired) electrons. The van der Waals surface area contributed by atoms with E-state index in [-0.39, 0.29) is 18.4 Å². The Balaban J connectivity index is 0.000000980. The van der Waals surface area contributed by atoms with Crippen molar-refractivity contribution in [1.29, 1.82) is 0 Å². The molecule has 0 heterocycles. The lowest BCUT2D eigenvalue weighted by Gasteiger charge is -2.31. The van der Waals surface area contributed by atoms with E-state index in [1.165, 1.54) is 28.4 Å². The van der Waals surface area contributed by atoms with Crippen LogP contribution in [-0.4, -0.2) is 0 Å². The minimum atomic E-state index is 0. The highest BCUT2D eigenvalue weighted by Gasteiger charge is 2.26. The highest BCUT2D eigenvalue weighted by Crippen LogP contribution is 2.37. The Morgan fingerprint density at radius 1 is 1.29 bits per heavy atom. The average molecular weight is 324 g/mol. The zero-order valence-electron chi connectivity index (χ0n) is 7.95. The Kier molecular flexibility index (Phi) is 4.67. The molecule has 0 saturated heterocycles. The van der Waals surface area contributed by atoms with Gasteiger partial charge in [-0.25, -0.2) is 0 Å². The van der Waals surface area contributed by atoms with E-state index in [1.807, 2.05) is 0 Å². The number of halogens is 2. The van der Waals surface area contributed by atoms with Crippen molar-refractivity contribution in [3.8, 4) is 0 Å². The molecule has 2 N–H and O–H groups in total. The summed E-state index contributed by atoms with van der Waals surface area (Å²) in [6.07, 6.45) is 3.99. The molecule has 1 nitrogen and oxygen atoms in total. The van der Waals surface area contributed by atoms with E-state index in [1.54, 1.807) is 0 Å². The van der Waals surface area contributed by atoms with Gasteiger partial charge in [-0.1, -0.05) is 24.6 Å². The molecule has 0 aromatic heterocycles. The first-order valence-electron chi connectivity index (χ1n) is 4.79. The first-order valence-corrected chi connectivity index (χ1v) is 5.87. The molecule has 1 aromatic rings. The molecule has 0 amide bonds. The lowest BCUT2D eigenvalue weighted by atomic mass is 9.78. The molecule has 1 saturated carbocycles. The summed E-state index contributed by atoms with van der Waals surface area (Å²) in [7, 11) is 0. The zero-order valence-corrected chi connectivity index (χ0v) is 10.9. The van der Waals surface area contributed by atoms with Crippen LogP contribution in [0.25, 0.3) is 0 Å². The van der Waals surface area contributed by atoms with Gasteiger partial charge in [0, 0.05) is 9.61 Å². The van der Waals surface area contributed by atoms with Crippen LogP contribution in [0.4, 0.5) is 0 Å². The van der Waals surface area contributed by atoms with Crippen molar-refractivity contribution in [2.45, 2.75) is 25.3 Å². The monoisotopic (exact) mass is 323 g/mol. The standard InChI is InChI=1S/C11H14IN.ClH/c12-10-7-2-1-6-9(10)11(13)8-4-3-5-8;/h1-2,6-8,11H,3-5,13H2;1H/t11-;/m0./s1. The molecular weight excluding hydrogens is 308 g/mol. The topological polar surface area (TPSA) is 26.0 Å². The van der Waals surface area contributed by atoms with Crippen LogP contribution in [0.5, 0.6) is 0 Å². The molecule has 0 bridgehead atoms. The summed E-state index contributed by atoms with van der Waals surface area (Å²) in [5, 5.41) is 0. The van der Waals surface area contributed by atoms with Crippen molar-refractivity contribution in [2.24, 2.45) is 11.7 Å². The van der Waals surface area contributed by atoms with Gasteiger partial charge in [0.1, 0.15) is 0 Å². The Morgan fingerprint density at radius 3 is 2.43 bits per heavy atom. The van der Waals surface area contributed by atoms with Gasteiger partial charge < -0.3 is 5.73 Å². The molecule has 0 spiro atoms. The zero-order chi connectivity index (χ0) is 9.26. The molecular formula is C11H15ClIN. The number of nitrogens with two attached hydrogens (primary N) is 1. The van der Waals surface area contributed by atoms with E-state index in [4.69, 9.17) is 5.73 Å². The average Bonchev–Trinajstić information content (AvgIpc) is 2.01. The molecule has 1 aliphatic rings. The fraction of sp³-hybridized carbons (Fsp3) is 0.455. The van der Waals surface area contributed by atoms with Gasteiger partial charge in [-0.15, -0.1) is 12.4 Å². The Morgan fingerprint density at radius 2 is 1.93 bits per heavy atom. The number of rotatable bonds is 2. The summed E-state index contributed by atoms with van der Waals surface area (Å²) in [5.74, 6) is 0.732. The van der Waals surface area contributed by atoms with Gasteiger partial charge in [-0.3, -0.25) is 0 Å². The molecule has 78 valence electrons. The summed E-state index contributed by atoms with van der Waals surface area (Å²) in [6, 6.07) is 8.70. The van der Waals surface area contributed by atoms with E-state index < -0.39 is 0 Å². The van der Waals surface area contributed by atoms with Gasteiger partial charge in [-0.05, 0) is 53.0 Å². The van der Waals surface area contributed by atoms with Crippen LogP contribution in [0, 0.1) is 9.49 Å². The predicted octanol–water partition coefficient (Wildman–Crippen LogP) is 3.51. The SMILES string of the molecule is Cl.N[C@H](c1ccccc1I)C1CCC1. The predicted molar refractivity (Wildman–Crippen MR) is 70.7 cm³/mol. The van der Waals surface area contributed by atoms with Crippen molar-refractivity contribution < 1.29 is 0 Å². The van der Waals surface area contributed by atoms with Gasteiger partial charge in [0.25, 0.3) is 0 Å². The quantitative estimate of drug-likeness (QED) is 0.828. The highest BCUT2D eigenvalue weighted by molar-refractivity contribution is 14.1. The molecule has 0 aliphatic heterocycles. The van der Waals surface area contributed by atoms with Crippen LogP contribution >= 0.6 is 35.0 Å². The third kappa shape index (κ3) is 2.41. The van der Waals surface area contributed by atoms with Crippen LogP contribution in [-0.2, 0) is 0 Å². The van der Waals surface area contributed by atoms with E-state index in [9.17, 15) is 0 Å². The van der Waals surface area contributed by atoms with Crippen molar-refractivity contribution in [1.82, 2.24) is 0 Å². The summed E-state index contributed by atoms with van der Waals surface area (Å²) in [4.78, 5) is 0. The summed E-state index contributed by atoms with van der Waals surface area (Å²) in [6.45, 7) is 0. The summed E-state index contributed by atoms with van der Waals surface area (Å²) >= 11 is 2.37. The van der Waals surface area contributed by atoms with E-state index in [2.05, 4.69) is 46.9 Å². The third-order valence-electron chi connectivity index (χ3n) is 2.92. The van der Waals surface area contributed by atoms with Crippen molar-refractivity contribution >= 4 is 35.0 Å². The van der Waals surface area contributed by atoms with Gasteiger partial charge in [0.05, 0.1) is 0 Å². The Labute approximate surface area is 105 Å². The normalized spacial score (nSPS) is 18.1. The van der Waals surface area contributed by atoms with E-state index in [0.717, 1.165) is 5.92 Å². The number of hydrogen-bond donors (Lipinski definition) is 1. The molecule has 2 rings (SSSR count). The lowest BCUT2D eigenvalue weighted by Crippen LogP contribution is -2.27. The van der Waals surface area contributed by atoms with Crippen LogP contribution in [0.2, 0.25) is 0 Å². The maximum Gasteiger partial charge on any atom is 0.0334 e. The minimum Gasteiger partial charge on any atom is -0.324 e. The number of hydrogen-bond acceptors (Lipinski definition) is 1. The first-order chi connectivity index (χ1) is 6.29. The fourth-order valence-corrected chi connectivity index (χ4v) is 2.55. The second kappa shape index (κ2) is 5.33. The van der Waals surface area contributed by atoms with Gasteiger partial charge in [-0.2, -0.15) is 0 Å². The smallest absolute Gasteiger partial charge is 0.0334 e. The maximum absolute atomic E-state index is 6.20. The summed E-state index contributed by atoms with van der Waals surface area (Å²) in [5.41, 5.74) is 7.52. The molecule has 1 atom stereocenters. The molecule has 14 heavy (non-hydrogen) atoms. The molecule has 1 aliphatic carbocycles. The van der Waals surface area contributed by atoms with E-state index in [0.29, 0.717) is 0 Å². The first kappa shape index (κ1) is 12.3. The second-order valence-electron chi connectivity index (χ2n) is 3.74. The van der Waals surface area contributed by atoms with Crippen LogP contribution in [0.3, 0.4) is 0 Å². The molecule has 1 fully saturated rings. The van der Waals surface area contributed by atoms with Crippen molar-refractivity contribution in [3.63, 3.8) is 0 Å². The van der Waals surface area contributed by atoms with Gasteiger partial charge in [0.2, 0.25) is 0 Å². The highest BCUT2D eigenvalue weighted by atomic mass is 127. The molecule has 3 heteroatoms. The molecule has 1 aromatic carbocycles. The van der Waals surface area contributed by atoms with Gasteiger partial charge >= 0.3 is 0 Å². The second-order valence-corrected chi connectivity index (χ2v) is 4.90. The van der Waals surface area contributed by atoms with Gasteiger partial charge in [0.15, 0.2) is 0 Å². The summed E-state index contributed by atoms with van der Waals surface area (Å²) < 4.78 is 1.31. The Bertz CT molecular complexity index is 299. The van der Waals surface area contributed by atoms with Crippen LogP contribution in [0.1, 0.15) is 30.9 Å². The molecule has 0 unspecified atom stereocenters. The largest absolute Gasteiger partial charge is 0.324 e.